The first kappa shape index (κ1) is 15.2. The predicted molar refractivity (Wildman–Crippen MR) is 88.7 cm³/mol. The van der Waals surface area contributed by atoms with Crippen molar-refractivity contribution in [3.8, 4) is 0 Å². The minimum absolute atomic E-state index is 0.0491. The fourth-order valence-electron chi connectivity index (χ4n) is 2.92. The molecule has 0 bridgehead atoms. The van der Waals surface area contributed by atoms with Gasteiger partial charge in [0, 0.05) is 30.4 Å². The van der Waals surface area contributed by atoms with Crippen molar-refractivity contribution in [2.45, 2.75) is 31.3 Å². The Morgan fingerprint density at radius 1 is 1.41 bits per heavy atom. The summed E-state index contributed by atoms with van der Waals surface area (Å²) in [4.78, 5) is 15.9. The molecule has 4 nitrogen and oxygen atoms in total. The molecule has 5 heteroatoms. The molecule has 0 spiro atoms. The van der Waals surface area contributed by atoms with Crippen LogP contribution < -0.4 is 0 Å². The van der Waals surface area contributed by atoms with E-state index in [1.807, 2.05) is 28.8 Å². The van der Waals surface area contributed by atoms with Crippen LogP contribution in [0.2, 0.25) is 0 Å². The monoisotopic (exact) mass is 315 g/mol. The topological polar surface area (TPSA) is 38.1 Å². The first-order chi connectivity index (χ1) is 10.7. The van der Waals surface area contributed by atoms with Crippen LogP contribution in [-0.4, -0.2) is 33.4 Å². The highest BCUT2D eigenvalue weighted by atomic mass is 32.2. The molecule has 1 atom stereocenters. The zero-order valence-corrected chi connectivity index (χ0v) is 13.8. The molecule has 2 aromatic rings. The summed E-state index contributed by atoms with van der Waals surface area (Å²) >= 11 is 1.77. The normalized spacial score (nSPS) is 15.5. The summed E-state index contributed by atoms with van der Waals surface area (Å²) in [6.07, 6.45) is 6.69. The summed E-state index contributed by atoms with van der Waals surface area (Å²) in [6.45, 7) is 4.16. The van der Waals surface area contributed by atoms with Crippen LogP contribution in [0.4, 0.5) is 0 Å². The molecule has 1 amide bonds. The Kier molecular flexibility index (Phi) is 4.52. The Bertz CT molecular complexity index is 654. The van der Waals surface area contributed by atoms with Gasteiger partial charge in [0.1, 0.15) is 0 Å². The van der Waals surface area contributed by atoms with Crippen LogP contribution in [0, 0.1) is 5.92 Å². The first-order valence-corrected chi connectivity index (χ1v) is 8.82. The molecule has 1 aromatic carbocycles. The molecule has 0 fully saturated rings. The minimum atomic E-state index is -0.0491. The van der Waals surface area contributed by atoms with Crippen molar-refractivity contribution in [3.63, 3.8) is 0 Å². The van der Waals surface area contributed by atoms with Gasteiger partial charge in [0.05, 0.1) is 12.5 Å². The summed E-state index contributed by atoms with van der Waals surface area (Å²) in [7, 11) is 0. The average Bonchev–Trinajstić information content (AvgIpc) is 3.06. The molecule has 0 aliphatic carbocycles. The fraction of sp³-hybridized carbons (Fsp3) is 0.412. The van der Waals surface area contributed by atoms with Gasteiger partial charge in [-0.1, -0.05) is 13.0 Å². The van der Waals surface area contributed by atoms with E-state index >= 15 is 0 Å². The van der Waals surface area contributed by atoms with Crippen molar-refractivity contribution < 1.29 is 4.79 Å². The Morgan fingerprint density at radius 3 is 3.00 bits per heavy atom. The molecule has 1 aromatic heterocycles. The molecule has 2 heterocycles. The van der Waals surface area contributed by atoms with Crippen molar-refractivity contribution in [1.82, 2.24) is 14.7 Å². The number of hydrogen-bond donors (Lipinski definition) is 0. The second-order valence-electron chi connectivity index (χ2n) is 5.77. The number of benzene rings is 1. The van der Waals surface area contributed by atoms with E-state index in [9.17, 15) is 4.79 Å². The van der Waals surface area contributed by atoms with E-state index in [4.69, 9.17) is 0 Å². The number of amides is 1. The van der Waals surface area contributed by atoms with E-state index in [1.54, 1.807) is 18.0 Å². The lowest BCUT2D eigenvalue weighted by atomic mass is 9.98. The predicted octanol–water partition coefficient (Wildman–Crippen LogP) is 2.83. The summed E-state index contributed by atoms with van der Waals surface area (Å²) in [6, 6.07) is 8.45. The van der Waals surface area contributed by atoms with E-state index in [0.717, 1.165) is 19.5 Å². The van der Waals surface area contributed by atoms with Gasteiger partial charge in [0.25, 0.3) is 0 Å². The van der Waals surface area contributed by atoms with Gasteiger partial charge < -0.3 is 4.90 Å². The molecular weight excluding hydrogens is 294 g/mol. The highest BCUT2D eigenvalue weighted by molar-refractivity contribution is 7.98. The lowest BCUT2D eigenvalue weighted by Crippen LogP contribution is -2.40. The number of hydrogen-bond acceptors (Lipinski definition) is 3. The van der Waals surface area contributed by atoms with Gasteiger partial charge in [-0.15, -0.1) is 11.8 Å². The van der Waals surface area contributed by atoms with Gasteiger partial charge in [-0.2, -0.15) is 5.10 Å². The van der Waals surface area contributed by atoms with E-state index in [0.29, 0.717) is 6.54 Å². The zero-order chi connectivity index (χ0) is 15.5. The van der Waals surface area contributed by atoms with E-state index in [-0.39, 0.29) is 11.8 Å². The maximum Gasteiger partial charge on any atom is 0.227 e. The quantitative estimate of drug-likeness (QED) is 0.814. The highest BCUT2D eigenvalue weighted by Crippen LogP contribution is 2.25. The molecule has 0 saturated carbocycles. The van der Waals surface area contributed by atoms with Crippen LogP contribution in [-0.2, 0) is 24.3 Å². The van der Waals surface area contributed by atoms with Crippen molar-refractivity contribution in [2.75, 3.05) is 12.8 Å². The Hall–Kier alpha value is -1.75. The number of rotatable bonds is 4. The SMILES string of the molecule is CSc1ccc2c(c1)CCN(C(=O)[C@H](C)Cn1cccn1)C2. The van der Waals surface area contributed by atoms with E-state index < -0.39 is 0 Å². The second-order valence-corrected chi connectivity index (χ2v) is 6.65. The van der Waals surface area contributed by atoms with Crippen molar-refractivity contribution in [3.05, 3.63) is 47.8 Å². The maximum atomic E-state index is 12.6. The van der Waals surface area contributed by atoms with Gasteiger partial charge >= 0.3 is 0 Å². The second kappa shape index (κ2) is 6.57. The third-order valence-electron chi connectivity index (χ3n) is 4.18. The third kappa shape index (κ3) is 3.19. The largest absolute Gasteiger partial charge is 0.338 e. The number of carbonyl (C=O) groups is 1. The highest BCUT2D eigenvalue weighted by Gasteiger charge is 2.25. The molecule has 116 valence electrons. The molecule has 0 saturated heterocycles. The smallest absolute Gasteiger partial charge is 0.227 e. The van der Waals surface area contributed by atoms with Gasteiger partial charge in [0.15, 0.2) is 0 Å². The molecule has 0 unspecified atom stereocenters. The van der Waals surface area contributed by atoms with Crippen LogP contribution in [0.3, 0.4) is 0 Å². The van der Waals surface area contributed by atoms with Gasteiger partial charge in [-0.05, 0) is 42.0 Å². The van der Waals surface area contributed by atoms with Gasteiger partial charge in [-0.25, -0.2) is 0 Å². The maximum absolute atomic E-state index is 12.6. The van der Waals surface area contributed by atoms with Crippen LogP contribution in [0.1, 0.15) is 18.1 Å². The number of thioether (sulfide) groups is 1. The number of carbonyl (C=O) groups excluding carboxylic acids is 1. The van der Waals surface area contributed by atoms with Crippen LogP contribution >= 0.6 is 11.8 Å². The fourth-order valence-corrected chi connectivity index (χ4v) is 3.39. The average molecular weight is 315 g/mol. The number of fused-ring (bicyclic) bond motifs is 1. The van der Waals surface area contributed by atoms with Crippen LogP contribution in [0.25, 0.3) is 0 Å². The van der Waals surface area contributed by atoms with Gasteiger partial charge in [-0.3, -0.25) is 9.48 Å². The van der Waals surface area contributed by atoms with Crippen molar-refractivity contribution in [1.29, 1.82) is 0 Å². The first-order valence-electron chi connectivity index (χ1n) is 7.59. The summed E-state index contributed by atoms with van der Waals surface area (Å²) in [5.41, 5.74) is 2.67. The number of aromatic nitrogens is 2. The van der Waals surface area contributed by atoms with Crippen LogP contribution in [0.5, 0.6) is 0 Å². The standard InChI is InChI=1S/C17H21N3OS/c1-13(11-20-8-3-7-18-20)17(21)19-9-6-14-10-16(22-2)5-4-15(14)12-19/h3-5,7-8,10,13H,6,9,11-12H2,1-2H3/t13-/m1/s1. The third-order valence-corrected chi connectivity index (χ3v) is 4.90. The number of nitrogens with zero attached hydrogens (tertiary/aromatic N) is 3. The van der Waals surface area contributed by atoms with Crippen LogP contribution in [0.15, 0.2) is 41.6 Å². The van der Waals surface area contributed by atoms with E-state index in [2.05, 4.69) is 29.6 Å². The molecule has 1 aliphatic heterocycles. The minimum Gasteiger partial charge on any atom is -0.338 e. The van der Waals surface area contributed by atoms with Gasteiger partial charge in [0.2, 0.25) is 5.91 Å². The molecule has 0 radical (unpaired) electrons. The molecule has 22 heavy (non-hydrogen) atoms. The lowest BCUT2D eigenvalue weighted by molar-refractivity contribution is -0.136. The molecule has 0 N–H and O–H groups in total. The zero-order valence-electron chi connectivity index (χ0n) is 13.0. The van der Waals surface area contributed by atoms with Crippen molar-refractivity contribution in [2.24, 2.45) is 5.92 Å². The summed E-state index contributed by atoms with van der Waals surface area (Å²) < 4.78 is 1.82. The lowest BCUT2D eigenvalue weighted by Gasteiger charge is -2.31. The molecule has 1 aliphatic rings. The summed E-state index contributed by atoms with van der Waals surface area (Å²) in [5, 5.41) is 4.18. The Balaban J connectivity index is 1.67. The van der Waals surface area contributed by atoms with Crippen molar-refractivity contribution >= 4 is 17.7 Å². The molecule has 3 rings (SSSR count). The Labute approximate surface area is 135 Å². The van der Waals surface area contributed by atoms with E-state index in [1.165, 1.54) is 16.0 Å². The molecular formula is C17H21N3OS. The summed E-state index contributed by atoms with van der Waals surface area (Å²) in [5.74, 6) is 0.169. The Morgan fingerprint density at radius 2 is 2.27 bits per heavy atom.